The number of aryl methyl sites for hydroxylation is 1. The molecule has 18 heavy (non-hydrogen) atoms. The lowest BCUT2D eigenvalue weighted by molar-refractivity contribution is 1.21. The largest absolute Gasteiger partial charge is 0.373 e. The lowest BCUT2D eigenvalue weighted by Crippen LogP contribution is -1.99. The maximum absolute atomic E-state index is 4.65. The topological polar surface area (TPSA) is 50.7 Å². The van der Waals surface area contributed by atoms with Crippen molar-refractivity contribution in [1.82, 2.24) is 15.0 Å². The minimum absolute atomic E-state index is 0.726. The molecule has 0 saturated carbocycles. The Kier molecular flexibility index (Phi) is 2.68. The predicted molar refractivity (Wildman–Crippen MR) is 74.9 cm³/mol. The normalized spacial score (nSPS) is 10.8. The first-order valence-corrected chi connectivity index (χ1v) is 6.51. The molecule has 0 atom stereocenters. The number of rotatable bonds is 2. The van der Waals surface area contributed by atoms with Gasteiger partial charge in [-0.25, -0.2) is 9.97 Å². The van der Waals surface area contributed by atoms with Crippen LogP contribution in [0.4, 0.5) is 5.82 Å². The van der Waals surface area contributed by atoms with Gasteiger partial charge in [0.2, 0.25) is 0 Å². The van der Waals surface area contributed by atoms with E-state index >= 15 is 0 Å². The summed E-state index contributed by atoms with van der Waals surface area (Å²) in [6.07, 6.45) is 1.80. The third-order valence-electron chi connectivity index (χ3n) is 2.82. The Morgan fingerprint density at radius 3 is 2.83 bits per heavy atom. The molecule has 0 amide bonds. The monoisotopic (exact) mass is 256 g/mol. The summed E-state index contributed by atoms with van der Waals surface area (Å²) in [5.41, 5.74) is 3.93. The maximum Gasteiger partial charge on any atom is 0.173 e. The Labute approximate surface area is 109 Å². The van der Waals surface area contributed by atoms with E-state index < -0.39 is 0 Å². The van der Waals surface area contributed by atoms with Crippen molar-refractivity contribution in [2.45, 2.75) is 6.92 Å². The average Bonchev–Trinajstić information content (AvgIpc) is 2.92. The van der Waals surface area contributed by atoms with Gasteiger partial charge in [-0.15, -0.1) is 11.3 Å². The molecule has 0 fully saturated rings. The first-order chi connectivity index (χ1) is 8.79. The van der Waals surface area contributed by atoms with Gasteiger partial charge in [0, 0.05) is 18.6 Å². The van der Waals surface area contributed by atoms with Gasteiger partial charge < -0.3 is 5.32 Å². The van der Waals surface area contributed by atoms with Gasteiger partial charge in [-0.2, -0.15) is 0 Å². The standard InChI is InChI=1S/C13H12N4S/c1-8-4-3-5-9-11(8)16-13(17-12(9)14-2)10-6-15-7-18-10/h3-7H,1-2H3,(H,14,16,17). The van der Waals surface area contributed by atoms with Gasteiger partial charge in [-0.1, -0.05) is 12.1 Å². The van der Waals surface area contributed by atoms with Gasteiger partial charge in [-0.05, 0) is 18.6 Å². The predicted octanol–water partition coefficient (Wildman–Crippen LogP) is 3.10. The summed E-state index contributed by atoms with van der Waals surface area (Å²) < 4.78 is 0. The van der Waals surface area contributed by atoms with E-state index in [1.165, 1.54) is 0 Å². The number of aromatic nitrogens is 3. The number of hydrogen-bond acceptors (Lipinski definition) is 5. The van der Waals surface area contributed by atoms with Crippen molar-refractivity contribution in [3.8, 4) is 10.7 Å². The van der Waals surface area contributed by atoms with Crippen LogP contribution in [-0.4, -0.2) is 22.0 Å². The highest BCUT2D eigenvalue weighted by atomic mass is 32.1. The van der Waals surface area contributed by atoms with Crippen molar-refractivity contribution < 1.29 is 0 Å². The number of thiazole rings is 1. The van der Waals surface area contributed by atoms with Crippen molar-refractivity contribution in [1.29, 1.82) is 0 Å². The van der Waals surface area contributed by atoms with Crippen molar-refractivity contribution in [3.05, 3.63) is 35.5 Å². The second kappa shape index (κ2) is 4.34. The van der Waals surface area contributed by atoms with Gasteiger partial charge >= 0.3 is 0 Å². The van der Waals surface area contributed by atoms with Crippen LogP contribution in [0.1, 0.15) is 5.56 Å². The van der Waals surface area contributed by atoms with Crippen LogP contribution < -0.4 is 5.32 Å². The number of para-hydroxylation sites is 1. The molecular formula is C13H12N4S. The van der Waals surface area contributed by atoms with Crippen LogP contribution in [0.25, 0.3) is 21.6 Å². The molecule has 0 aliphatic carbocycles. The molecule has 0 bridgehead atoms. The lowest BCUT2D eigenvalue weighted by Gasteiger charge is -2.08. The molecule has 2 aromatic heterocycles. The van der Waals surface area contributed by atoms with Crippen LogP contribution in [0.2, 0.25) is 0 Å². The van der Waals surface area contributed by atoms with E-state index in [4.69, 9.17) is 0 Å². The first-order valence-electron chi connectivity index (χ1n) is 5.63. The van der Waals surface area contributed by atoms with Crippen LogP contribution in [0.3, 0.4) is 0 Å². The molecule has 4 nitrogen and oxygen atoms in total. The fourth-order valence-electron chi connectivity index (χ4n) is 1.92. The van der Waals surface area contributed by atoms with Crippen molar-refractivity contribution in [3.63, 3.8) is 0 Å². The van der Waals surface area contributed by atoms with E-state index in [2.05, 4.69) is 33.3 Å². The van der Waals surface area contributed by atoms with Crippen molar-refractivity contribution >= 4 is 28.1 Å². The highest BCUT2D eigenvalue weighted by molar-refractivity contribution is 7.13. The van der Waals surface area contributed by atoms with Crippen LogP contribution in [-0.2, 0) is 0 Å². The lowest BCUT2D eigenvalue weighted by atomic mass is 10.1. The molecule has 0 aliphatic heterocycles. The Bertz CT molecular complexity index is 692. The molecule has 0 unspecified atom stereocenters. The Morgan fingerprint density at radius 1 is 1.22 bits per heavy atom. The summed E-state index contributed by atoms with van der Waals surface area (Å²) in [5.74, 6) is 1.58. The number of anilines is 1. The molecule has 1 aromatic carbocycles. The highest BCUT2D eigenvalue weighted by Crippen LogP contribution is 2.27. The SMILES string of the molecule is CNc1nc(-c2cncs2)nc2c(C)cccc12. The number of benzene rings is 1. The minimum atomic E-state index is 0.726. The molecule has 0 saturated heterocycles. The van der Waals surface area contributed by atoms with Crippen LogP contribution in [0, 0.1) is 6.92 Å². The van der Waals surface area contributed by atoms with Crippen LogP contribution in [0.5, 0.6) is 0 Å². The minimum Gasteiger partial charge on any atom is -0.373 e. The number of fused-ring (bicyclic) bond motifs is 1. The zero-order chi connectivity index (χ0) is 12.5. The molecule has 3 aromatic rings. The van der Waals surface area contributed by atoms with Gasteiger partial charge in [-0.3, -0.25) is 4.98 Å². The van der Waals surface area contributed by atoms with Crippen molar-refractivity contribution in [2.75, 3.05) is 12.4 Å². The van der Waals surface area contributed by atoms with Gasteiger partial charge in [0.25, 0.3) is 0 Å². The van der Waals surface area contributed by atoms with Crippen LogP contribution >= 0.6 is 11.3 Å². The summed E-state index contributed by atoms with van der Waals surface area (Å²) in [5, 5.41) is 4.18. The van der Waals surface area contributed by atoms with E-state index in [1.54, 1.807) is 23.0 Å². The first kappa shape index (κ1) is 11.1. The molecule has 3 rings (SSSR count). The zero-order valence-corrected chi connectivity index (χ0v) is 11.0. The third-order valence-corrected chi connectivity index (χ3v) is 3.59. The second-order valence-corrected chi connectivity index (χ2v) is 4.87. The Balaban J connectivity index is 2.33. The molecule has 0 radical (unpaired) electrons. The van der Waals surface area contributed by atoms with Crippen LogP contribution in [0.15, 0.2) is 29.9 Å². The highest BCUT2D eigenvalue weighted by Gasteiger charge is 2.10. The van der Waals surface area contributed by atoms with E-state index in [0.717, 1.165) is 33.0 Å². The van der Waals surface area contributed by atoms with E-state index in [-0.39, 0.29) is 0 Å². The summed E-state index contributed by atoms with van der Waals surface area (Å²) >= 11 is 1.55. The third kappa shape index (κ3) is 1.73. The molecule has 1 N–H and O–H groups in total. The van der Waals surface area contributed by atoms with E-state index in [1.807, 2.05) is 19.2 Å². The Morgan fingerprint density at radius 2 is 2.11 bits per heavy atom. The summed E-state index contributed by atoms with van der Waals surface area (Å²) in [6, 6.07) is 6.12. The Hall–Kier alpha value is -2.01. The summed E-state index contributed by atoms with van der Waals surface area (Å²) in [7, 11) is 1.88. The zero-order valence-electron chi connectivity index (χ0n) is 10.1. The molecule has 0 spiro atoms. The fourth-order valence-corrected chi connectivity index (χ4v) is 2.48. The van der Waals surface area contributed by atoms with Gasteiger partial charge in [0.05, 0.1) is 15.9 Å². The number of hydrogen-bond donors (Lipinski definition) is 1. The maximum atomic E-state index is 4.65. The summed E-state index contributed by atoms with van der Waals surface area (Å²) in [4.78, 5) is 14.3. The second-order valence-electron chi connectivity index (χ2n) is 3.98. The quantitative estimate of drug-likeness (QED) is 0.765. The molecular weight excluding hydrogens is 244 g/mol. The van der Waals surface area contributed by atoms with E-state index in [0.29, 0.717) is 0 Å². The molecule has 2 heterocycles. The fraction of sp³-hybridized carbons (Fsp3) is 0.154. The smallest absolute Gasteiger partial charge is 0.173 e. The number of nitrogens with one attached hydrogen (secondary N) is 1. The van der Waals surface area contributed by atoms with E-state index in [9.17, 15) is 0 Å². The molecule has 5 heteroatoms. The van der Waals surface area contributed by atoms with Crippen molar-refractivity contribution in [2.24, 2.45) is 0 Å². The summed E-state index contributed by atoms with van der Waals surface area (Å²) in [6.45, 7) is 2.06. The number of nitrogens with zero attached hydrogens (tertiary/aromatic N) is 3. The average molecular weight is 256 g/mol. The van der Waals surface area contributed by atoms with Gasteiger partial charge in [0.1, 0.15) is 5.82 Å². The molecule has 90 valence electrons. The molecule has 0 aliphatic rings. The van der Waals surface area contributed by atoms with Gasteiger partial charge in [0.15, 0.2) is 5.82 Å².